The van der Waals surface area contributed by atoms with Gasteiger partial charge in [-0.25, -0.2) is 0 Å². The van der Waals surface area contributed by atoms with Crippen molar-refractivity contribution in [2.45, 2.75) is 0 Å². The van der Waals surface area contributed by atoms with Crippen molar-refractivity contribution in [3.05, 3.63) is 98.4 Å². The van der Waals surface area contributed by atoms with Crippen LogP contribution in [-0.2, 0) is 4.79 Å². The Balaban J connectivity index is 0.00000408. The molecule has 0 fully saturated rings. The Morgan fingerprint density at radius 3 is 1.74 bits per heavy atom. The molecule has 7 heteroatoms. The van der Waals surface area contributed by atoms with E-state index < -0.39 is 7.26 Å². The van der Waals surface area contributed by atoms with Crippen LogP contribution in [0, 0.1) is 12.8 Å². The zero-order chi connectivity index (χ0) is 23.5. The minimum atomic E-state index is -1.80. The van der Waals surface area contributed by atoms with Gasteiger partial charge < -0.3 is 23.4 Å². The molecule has 3 rings (SSSR count). The maximum Gasteiger partial charge on any atom is 0.239 e. The molecule has 0 saturated heterocycles. The third-order valence-corrected chi connectivity index (χ3v) is 11.2. The van der Waals surface area contributed by atoms with Crippen LogP contribution in [-0.4, -0.2) is 54.6 Å². The van der Waals surface area contributed by atoms with Gasteiger partial charge in [0, 0.05) is 25.1 Å². The molecule has 3 aromatic carbocycles. The monoisotopic (exact) mass is 494 g/mol. The van der Waals surface area contributed by atoms with Gasteiger partial charge in [-0.05, 0) is 36.4 Å². The van der Waals surface area contributed by atoms with Crippen LogP contribution in [0.3, 0.4) is 0 Å². The molecule has 0 radical (unpaired) electrons. The van der Waals surface area contributed by atoms with Gasteiger partial charge in [-0.1, -0.05) is 54.6 Å². The summed E-state index contributed by atoms with van der Waals surface area (Å²) in [5, 5.41) is 14.4. The molecule has 0 spiro atoms. The Morgan fingerprint density at radius 2 is 1.32 bits per heavy atom. The summed E-state index contributed by atoms with van der Waals surface area (Å²) in [6.07, 6.45) is 1.05. The topological polar surface area (TPSA) is 82.2 Å². The maximum atomic E-state index is 12.0. The number of nitrogens with one attached hydrogen (secondary N) is 2. The van der Waals surface area contributed by atoms with E-state index in [2.05, 4.69) is 96.3 Å². The van der Waals surface area contributed by atoms with Crippen molar-refractivity contribution >= 4 is 46.8 Å². The number of carbonyl (C=O) groups excluding carboxylic acids is 1. The molecule has 1 amide bonds. The highest BCUT2D eigenvalue weighted by Crippen LogP contribution is 2.55. The summed E-state index contributed by atoms with van der Waals surface area (Å²) in [4.78, 5) is 13.4. The number of thioether (sulfide) groups is 1. The molecule has 180 valence electrons. The van der Waals surface area contributed by atoms with Gasteiger partial charge in [-0.15, -0.1) is 0 Å². The average Bonchev–Trinajstić information content (AvgIpc) is 2.85. The molecular formula is C27H35N4OPS. The van der Waals surface area contributed by atoms with Crippen LogP contribution in [0.1, 0.15) is 0 Å². The van der Waals surface area contributed by atoms with Crippen molar-refractivity contribution in [3.8, 4) is 0 Å². The Morgan fingerprint density at radius 1 is 0.882 bits per heavy atom. The number of nitrogens with two attached hydrogens (primary N) is 1. The van der Waals surface area contributed by atoms with Gasteiger partial charge in [-0.3, -0.25) is 10.2 Å². The first-order valence-electron chi connectivity index (χ1n) is 11.0. The molecule has 0 bridgehead atoms. The average molecular weight is 495 g/mol. The van der Waals surface area contributed by atoms with Crippen LogP contribution >= 0.6 is 19.0 Å². The Hall–Kier alpha value is -2.82. The zero-order valence-electron chi connectivity index (χ0n) is 20.0. The van der Waals surface area contributed by atoms with Crippen LogP contribution in [0.4, 0.5) is 0 Å². The molecular weight excluding hydrogens is 459 g/mol. The van der Waals surface area contributed by atoms with E-state index in [1.807, 2.05) is 11.8 Å². The molecule has 0 saturated carbocycles. The molecule has 34 heavy (non-hydrogen) atoms. The lowest BCUT2D eigenvalue weighted by molar-refractivity contribution is -0.121. The van der Waals surface area contributed by atoms with Crippen molar-refractivity contribution in [1.29, 1.82) is 5.41 Å². The number of hydrogen-bond acceptors (Lipinski definition) is 3. The smallest absolute Gasteiger partial charge is 0.239 e. The summed E-state index contributed by atoms with van der Waals surface area (Å²) >= 11 is 1.86. The first-order valence-corrected chi connectivity index (χ1v) is 14.1. The third kappa shape index (κ3) is 7.09. The van der Waals surface area contributed by atoms with Gasteiger partial charge in [-0.2, -0.15) is 11.8 Å². The van der Waals surface area contributed by atoms with Gasteiger partial charge >= 0.3 is 0 Å². The quantitative estimate of drug-likeness (QED) is 0.126. The lowest BCUT2D eigenvalue weighted by atomic mass is 10.4. The lowest BCUT2D eigenvalue weighted by Gasteiger charge is -2.27. The highest BCUT2D eigenvalue weighted by atomic mass is 32.2. The Labute approximate surface area is 209 Å². The minimum Gasteiger partial charge on any atom is -0.370 e. The van der Waals surface area contributed by atoms with Crippen LogP contribution in [0.25, 0.3) is 0 Å². The second kappa shape index (κ2) is 13.8. The number of rotatable bonds is 11. The number of carbonyl (C=O) groups is 1. The van der Waals surface area contributed by atoms with Crippen LogP contribution in [0.15, 0.2) is 91.0 Å². The van der Waals surface area contributed by atoms with E-state index in [0.717, 1.165) is 17.7 Å². The lowest BCUT2D eigenvalue weighted by Crippen LogP contribution is -2.41. The highest BCUT2D eigenvalue weighted by Gasteiger charge is 2.44. The van der Waals surface area contributed by atoms with Crippen molar-refractivity contribution < 1.29 is 4.79 Å². The molecule has 0 atom stereocenters. The van der Waals surface area contributed by atoms with Crippen molar-refractivity contribution in [2.24, 2.45) is 5.73 Å². The fourth-order valence-electron chi connectivity index (χ4n) is 3.80. The third-order valence-electron chi connectivity index (χ3n) is 5.52. The number of hydrogen-bond donors (Lipinski definition) is 3. The summed E-state index contributed by atoms with van der Waals surface area (Å²) in [7, 11) is -0.168. The van der Waals surface area contributed by atoms with Gasteiger partial charge in [0.2, 0.25) is 5.91 Å². The fraction of sp³-hybridized carbons (Fsp3) is 0.222. The van der Waals surface area contributed by atoms with E-state index in [4.69, 9.17) is 11.1 Å². The maximum absolute atomic E-state index is 12.0. The summed E-state index contributed by atoms with van der Waals surface area (Å²) in [5.41, 5.74) is 5.39. The van der Waals surface area contributed by atoms with E-state index >= 15 is 0 Å². The van der Waals surface area contributed by atoms with E-state index in [1.165, 1.54) is 20.8 Å². The molecule has 0 aromatic heterocycles. The number of nitrogens with zero attached hydrogens (tertiary/aromatic N) is 1. The molecule has 0 aliphatic rings. The van der Waals surface area contributed by atoms with Crippen LogP contribution in [0.2, 0.25) is 0 Å². The van der Waals surface area contributed by atoms with Crippen molar-refractivity contribution in [1.82, 2.24) is 10.2 Å². The van der Waals surface area contributed by atoms with Crippen molar-refractivity contribution in [2.75, 3.05) is 37.8 Å². The van der Waals surface area contributed by atoms with Crippen LogP contribution < -0.4 is 27.0 Å². The zero-order valence-corrected chi connectivity index (χ0v) is 21.7. The normalized spacial score (nSPS) is 10.7. The first kappa shape index (κ1) is 27.4. The molecule has 0 aliphatic heterocycles. The summed E-state index contributed by atoms with van der Waals surface area (Å²) in [6, 6.07) is 32.7. The van der Waals surface area contributed by atoms with E-state index in [9.17, 15) is 4.79 Å². The molecule has 0 unspecified atom stereocenters. The van der Waals surface area contributed by atoms with E-state index in [1.54, 1.807) is 7.05 Å². The fourth-order valence-corrected chi connectivity index (χ4v) is 9.58. The second-order valence-corrected chi connectivity index (χ2v) is 12.6. The van der Waals surface area contributed by atoms with Crippen LogP contribution in [0.5, 0.6) is 0 Å². The molecule has 4 N–H and O–H groups in total. The first-order chi connectivity index (χ1) is 16.0. The van der Waals surface area contributed by atoms with E-state index in [-0.39, 0.29) is 25.8 Å². The Kier molecular flexibility index (Phi) is 11.1. The SMILES string of the molecule is CN(CC(=O)NCCSCC[P+](c1ccccc1)(c1ccccc1)c1ccccc1)C(=N)N.[CH3-]. The van der Waals surface area contributed by atoms with Crippen molar-refractivity contribution in [3.63, 3.8) is 0 Å². The molecule has 5 nitrogen and oxygen atoms in total. The standard InChI is InChI=1S/C26H31N4OPS.CH3/c1-30(26(27)28)21-25(31)29-17-19-33-20-18-32(22-11-5-2-6-12-22,23-13-7-3-8-14-23)24-15-9-4-10-16-24;/h2-16H,17-21H2,1H3,(H3-,27,28,29,31);1H3/q;-1/p+1. The molecule has 3 aromatic rings. The highest BCUT2D eigenvalue weighted by molar-refractivity contribution is 8.01. The second-order valence-electron chi connectivity index (χ2n) is 7.74. The van der Waals surface area contributed by atoms with Gasteiger partial charge in [0.15, 0.2) is 5.96 Å². The van der Waals surface area contributed by atoms with Gasteiger partial charge in [0.05, 0.1) is 12.7 Å². The predicted molar refractivity (Wildman–Crippen MR) is 151 cm³/mol. The Bertz CT molecular complexity index is 922. The summed E-state index contributed by atoms with van der Waals surface area (Å²) in [5.74, 6) is 1.61. The molecule has 0 aliphatic carbocycles. The molecule has 0 heterocycles. The largest absolute Gasteiger partial charge is 0.370 e. The predicted octanol–water partition coefficient (Wildman–Crippen LogP) is 3.11. The number of amides is 1. The van der Waals surface area contributed by atoms with Gasteiger partial charge in [0.25, 0.3) is 0 Å². The van der Waals surface area contributed by atoms with Gasteiger partial charge in [0.1, 0.15) is 23.2 Å². The summed E-state index contributed by atoms with van der Waals surface area (Å²) in [6.45, 7) is 0.702. The number of likely N-dealkylation sites (N-methyl/N-ethyl adjacent to an activating group) is 1. The number of benzene rings is 3. The minimum absolute atomic E-state index is 0. The number of guanidine groups is 1. The summed E-state index contributed by atoms with van der Waals surface area (Å²) < 4.78 is 0. The van der Waals surface area contributed by atoms with E-state index in [0.29, 0.717) is 6.54 Å².